The summed E-state index contributed by atoms with van der Waals surface area (Å²) in [6.07, 6.45) is 0.571. The molecule has 1 aliphatic rings. The molecule has 1 heterocycles. The van der Waals surface area contributed by atoms with Crippen molar-refractivity contribution in [1.29, 1.82) is 0 Å². The number of hydrogen-bond donors (Lipinski definition) is 2. The number of Topliss-reactive ketones (excluding diaryl/α,β-unsaturated/α-hetero) is 1. The number of ether oxygens (including phenoxy) is 1. The number of carbonyl (C=O) groups excluding carboxylic acids is 2. The fraction of sp³-hybridized carbons (Fsp3) is 0.429. The fourth-order valence-corrected chi connectivity index (χ4v) is 1.98. The molecule has 0 saturated carbocycles. The molecule has 0 fully saturated rings. The summed E-state index contributed by atoms with van der Waals surface area (Å²) in [5, 5.41) is 2.78. The van der Waals surface area contributed by atoms with Crippen molar-refractivity contribution in [2.45, 2.75) is 38.8 Å². The molecule has 0 spiro atoms. The topological polar surface area (TPSA) is 81.4 Å². The lowest BCUT2D eigenvalue weighted by atomic mass is 10.0. The minimum Gasteiger partial charge on any atom is -0.479 e. The van der Waals surface area contributed by atoms with Crippen molar-refractivity contribution in [2.24, 2.45) is 5.73 Å². The minimum atomic E-state index is -0.482. The zero-order valence-electron chi connectivity index (χ0n) is 11.1. The Morgan fingerprint density at radius 2 is 2.26 bits per heavy atom. The Hall–Kier alpha value is -1.88. The van der Waals surface area contributed by atoms with Crippen molar-refractivity contribution in [3.63, 3.8) is 0 Å². The van der Waals surface area contributed by atoms with Crippen LogP contribution >= 0.6 is 0 Å². The molecular formula is C14H18N2O3. The van der Waals surface area contributed by atoms with Crippen molar-refractivity contribution in [3.05, 3.63) is 23.8 Å². The summed E-state index contributed by atoms with van der Waals surface area (Å²) in [6.45, 7) is 3.25. The Bertz CT molecular complexity index is 513. The van der Waals surface area contributed by atoms with E-state index in [4.69, 9.17) is 10.5 Å². The van der Waals surface area contributed by atoms with E-state index in [1.807, 2.05) is 12.1 Å². The standard InChI is InChI=1S/C14H18N2O3/c1-8(17)3-5-11(15)10-4-6-13-12(7-10)16-14(18)9(2)19-13/h4,6-7,9,11H,3,5,15H2,1-2H3,(H,16,18). The van der Waals surface area contributed by atoms with Crippen molar-refractivity contribution >= 4 is 17.4 Å². The molecule has 2 rings (SSSR count). The Balaban J connectivity index is 2.14. The maximum absolute atomic E-state index is 11.5. The van der Waals surface area contributed by atoms with Gasteiger partial charge >= 0.3 is 0 Å². The van der Waals surface area contributed by atoms with Gasteiger partial charge in [-0.05, 0) is 38.0 Å². The highest BCUT2D eigenvalue weighted by atomic mass is 16.5. The number of rotatable bonds is 4. The van der Waals surface area contributed by atoms with Gasteiger partial charge in [-0.2, -0.15) is 0 Å². The molecule has 1 amide bonds. The van der Waals surface area contributed by atoms with Crippen LogP contribution < -0.4 is 15.8 Å². The van der Waals surface area contributed by atoms with E-state index in [0.717, 1.165) is 5.56 Å². The number of carbonyl (C=O) groups is 2. The van der Waals surface area contributed by atoms with Gasteiger partial charge in [0.05, 0.1) is 5.69 Å². The van der Waals surface area contributed by atoms with Crippen LogP contribution in [0.4, 0.5) is 5.69 Å². The Morgan fingerprint density at radius 1 is 1.53 bits per heavy atom. The highest BCUT2D eigenvalue weighted by molar-refractivity contribution is 5.97. The number of benzene rings is 1. The third-order valence-corrected chi connectivity index (χ3v) is 3.17. The van der Waals surface area contributed by atoms with E-state index in [0.29, 0.717) is 24.3 Å². The van der Waals surface area contributed by atoms with Crippen LogP contribution in [0.1, 0.15) is 38.3 Å². The lowest BCUT2D eigenvalue weighted by Crippen LogP contribution is -2.34. The van der Waals surface area contributed by atoms with Gasteiger partial charge in [-0.3, -0.25) is 4.79 Å². The fourth-order valence-electron chi connectivity index (χ4n) is 1.98. The van der Waals surface area contributed by atoms with Crippen LogP contribution in [0.3, 0.4) is 0 Å². The summed E-state index contributed by atoms with van der Waals surface area (Å²) in [7, 11) is 0. The highest BCUT2D eigenvalue weighted by Crippen LogP contribution is 2.32. The third-order valence-electron chi connectivity index (χ3n) is 3.17. The number of amides is 1. The molecular weight excluding hydrogens is 244 g/mol. The molecule has 19 heavy (non-hydrogen) atoms. The van der Waals surface area contributed by atoms with Gasteiger partial charge in [-0.1, -0.05) is 6.07 Å². The molecule has 0 radical (unpaired) electrons. The first kappa shape index (κ1) is 13.5. The summed E-state index contributed by atoms with van der Waals surface area (Å²) in [5.74, 6) is 0.607. The summed E-state index contributed by atoms with van der Waals surface area (Å²) < 4.78 is 5.47. The van der Waals surface area contributed by atoms with Gasteiger partial charge < -0.3 is 20.6 Å². The number of nitrogens with one attached hydrogen (secondary N) is 1. The van der Waals surface area contributed by atoms with Crippen molar-refractivity contribution in [2.75, 3.05) is 5.32 Å². The molecule has 0 aromatic heterocycles. The van der Waals surface area contributed by atoms with Gasteiger partial charge in [0.25, 0.3) is 5.91 Å². The van der Waals surface area contributed by atoms with E-state index in [2.05, 4.69) is 5.32 Å². The van der Waals surface area contributed by atoms with Gasteiger partial charge in [0, 0.05) is 12.5 Å². The Morgan fingerprint density at radius 3 is 2.95 bits per heavy atom. The van der Waals surface area contributed by atoms with E-state index in [9.17, 15) is 9.59 Å². The van der Waals surface area contributed by atoms with Crippen LogP contribution in [0, 0.1) is 0 Å². The molecule has 3 N–H and O–H groups in total. The lowest BCUT2D eigenvalue weighted by Gasteiger charge is -2.24. The quantitative estimate of drug-likeness (QED) is 0.866. The van der Waals surface area contributed by atoms with E-state index in [-0.39, 0.29) is 17.7 Å². The van der Waals surface area contributed by atoms with E-state index in [1.54, 1.807) is 19.9 Å². The summed E-state index contributed by atoms with van der Waals surface area (Å²) in [6, 6.07) is 5.26. The Labute approximate surface area is 112 Å². The van der Waals surface area contributed by atoms with E-state index in [1.165, 1.54) is 0 Å². The van der Waals surface area contributed by atoms with Gasteiger partial charge in [0.15, 0.2) is 6.10 Å². The van der Waals surface area contributed by atoms with Gasteiger partial charge in [0.2, 0.25) is 0 Å². The number of fused-ring (bicyclic) bond motifs is 1. The number of ketones is 1. The Kier molecular flexibility index (Phi) is 3.85. The molecule has 5 nitrogen and oxygen atoms in total. The first-order valence-electron chi connectivity index (χ1n) is 6.34. The van der Waals surface area contributed by atoms with Gasteiger partial charge in [0.1, 0.15) is 11.5 Å². The molecule has 0 bridgehead atoms. The van der Waals surface area contributed by atoms with Crippen molar-refractivity contribution in [1.82, 2.24) is 0 Å². The maximum atomic E-state index is 11.5. The summed E-state index contributed by atoms with van der Waals surface area (Å²) in [4.78, 5) is 22.5. The second-order valence-corrected chi connectivity index (χ2v) is 4.85. The zero-order chi connectivity index (χ0) is 14.0. The molecule has 2 unspecified atom stereocenters. The molecule has 1 aromatic rings. The summed E-state index contributed by atoms with van der Waals surface area (Å²) in [5.41, 5.74) is 7.56. The average Bonchev–Trinajstić information content (AvgIpc) is 2.36. The van der Waals surface area contributed by atoms with Gasteiger partial charge in [-0.15, -0.1) is 0 Å². The van der Waals surface area contributed by atoms with Crippen LogP contribution in [0.5, 0.6) is 5.75 Å². The molecule has 102 valence electrons. The number of nitrogens with two attached hydrogens (primary N) is 1. The van der Waals surface area contributed by atoms with Crippen LogP contribution in [0.2, 0.25) is 0 Å². The number of hydrogen-bond acceptors (Lipinski definition) is 4. The first-order chi connectivity index (χ1) is 8.97. The molecule has 1 aromatic carbocycles. The normalized spacial score (nSPS) is 19.1. The second-order valence-electron chi connectivity index (χ2n) is 4.85. The maximum Gasteiger partial charge on any atom is 0.265 e. The minimum absolute atomic E-state index is 0.124. The van der Waals surface area contributed by atoms with Crippen LogP contribution in [-0.2, 0) is 9.59 Å². The predicted octanol–water partition coefficient (Wildman–Crippen LogP) is 1.77. The first-order valence-corrected chi connectivity index (χ1v) is 6.34. The molecule has 5 heteroatoms. The average molecular weight is 262 g/mol. The summed E-state index contributed by atoms with van der Waals surface area (Å²) >= 11 is 0. The largest absolute Gasteiger partial charge is 0.479 e. The molecule has 0 aliphatic carbocycles. The second kappa shape index (κ2) is 5.40. The van der Waals surface area contributed by atoms with Crippen LogP contribution in [-0.4, -0.2) is 17.8 Å². The van der Waals surface area contributed by atoms with Gasteiger partial charge in [-0.25, -0.2) is 0 Å². The SMILES string of the molecule is CC(=O)CCC(N)c1ccc2c(c1)NC(=O)C(C)O2. The van der Waals surface area contributed by atoms with Crippen LogP contribution in [0.25, 0.3) is 0 Å². The smallest absolute Gasteiger partial charge is 0.265 e. The lowest BCUT2D eigenvalue weighted by molar-refractivity contribution is -0.122. The third kappa shape index (κ3) is 3.12. The molecule has 1 aliphatic heterocycles. The molecule has 0 saturated heterocycles. The van der Waals surface area contributed by atoms with E-state index < -0.39 is 6.10 Å². The van der Waals surface area contributed by atoms with E-state index >= 15 is 0 Å². The molecule has 2 atom stereocenters. The van der Waals surface area contributed by atoms with Crippen LogP contribution in [0.15, 0.2) is 18.2 Å². The highest BCUT2D eigenvalue weighted by Gasteiger charge is 2.24. The number of anilines is 1. The monoisotopic (exact) mass is 262 g/mol. The zero-order valence-corrected chi connectivity index (χ0v) is 11.1. The predicted molar refractivity (Wildman–Crippen MR) is 72.0 cm³/mol. The van der Waals surface area contributed by atoms with Crippen molar-refractivity contribution in [3.8, 4) is 5.75 Å². The van der Waals surface area contributed by atoms with Crippen molar-refractivity contribution < 1.29 is 14.3 Å².